The van der Waals surface area contributed by atoms with Crippen LogP contribution in [-0.4, -0.2) is 34.6 Å². The highest BCUT2D eigenvalue weighted by atomic mass is 32.2. The molecule has 1 aromatic heterocycles. The molecule has 0 amide bonds. The predicted octanol–water partition coefficient (Wildman–Crippen LogP) is 0.838. The lowest BCUT2D eigenvalue weighted by Gasteiger charge is -1.96. The Kier molecular flexibility index (Phi) is 2.59. The van der Waals surface area contributed by atoms with E-state index < -0.39 is 5.97 Å². The van der Waals surface area contributed by atoms with Crippen molar-refractivity contribution in [2.75, 3.05) is 13.4 Å². The molecule has 0 aliphatic carbocycles. The average molecular weight is 188 g/mol. The van der Waals surface area contributed by atoms with Crippen molar-refractivity contribution >= 4 is 17.7 Å². The molecule has 1 aromatic rings. The summed E-state index contributed by atoms with van der Waals surface area (Å²) in [5.74, 6) is -0.850. The Balaban J connectivity index is 3.16. The predicted molar refractivity (Wildman–Crippen MR) is 43.9 cm³/mol. The van der Waals surface area contributed by atoms with Crippen molar-refractivity contribution in [3.63, 3.8) is 0 Å². The molecular weight excluding hydrogens is 180 g/mol. The van der Waals surface area contributed by atoms with Crippen molar-refractivity contribution in [1.29, 1.82) is 0 Å². The number of hydrogen-bond acceptors (Lipinski definition) is 4. The number of H-pyrrole nitrogens is 1. The second-order valence-electron chi connectivity index (χ2n) is 1.95. The van der Waals surface area contributed by atoms with E-state index in [1.165, 1.54) is 18.9 Å². The number of nitrogens with zero attached hydrogens (tertiary/aromatic N) is 1. The van der Waals surface area contributed by atoms with Crippen molar-refractivity contribution in [2.24, 2.45) is 0 Å². The SMILES string of the molecule is COc1[nH]nc(SC)c1C(=O)O. The van der Waals surface area contributed by atoms with Gasteiger partial charge in [-0.2, -0.15) is 5.10 Å². The highest BCUT2D eigenvalue weighted by Gasteiger charge is 2.19. The molecule has 0 radical (unpaired) electrons. The van der Waals surface area contributed by atoms with E-state index in [0.29, 0.717) is 5.03 Å². The fourth-order valence-corrected chi connectivity index (χ4v) is 1.32. The number of aromatic carboxylic acids is 1. The first-order valence-electron chi connectivity index (χ1n) is 3.10. The number of nitrogens with one attached hydrogen (secondary N) is 1. The van der Waals surface area contributed by atoms with Crippen molar-refractivity contribution in [3.8, 4) is 5.88 Å². The molecule has 0 aliphatic rings. The smallest absolute Gasteiger partial charge is 0.344 e. The second kappa shape index (κ2) is 3.48. The third-order valence-corrected chi connectivity index (χ3v) is 1.99. The molecule has 0 atom stereocenters. The third kappa shape index (κ3) is 1.38. The van der Waals surface area contributed by atoms with Crippen LogP contribution in [-0.2, 0) is 0 Å². The number of methoxy groups -OCH3 is 1. The van der Waals surface area contributed by atoms with Gasteiger partial charge in [0.1, 0.15) is 5.03 Å². The van der Waals surface area contributed by atoms with E-state index in [-0.39, 0.29) is 11.4 Å². The van der Waals surface area contributed by atoms with Gasteiger partial charge in [0.25, 0.3) is 0 Å². The number of carbonyl (C=O) groups is 1. The molecule has 0 saturated heterocycles. The molecule has 0 bridgehead atoms. The minimum absolute atomic E-state index is 0.0880. The maximum Gasteiger partial charge on any atom is 0.344 e. The zero-order valence-electron chi connectivity index (χ0n) is 6.62. The lowest BCUT2D eigenvalue weighted by Crippen LogP contribution is -1.99. The fraction of sp³-hybridized carbons (Fsp3) is 0.333. The Bertz CT molecular complexity index is 275. The van der Waals surface area contributed by atoms with Gasteiger partial charge in [-0.3, -0.25) is 0 Å². The van der Waals surface area contributed by atoms with Crippen molar-refractivity contribution in [1.82, 2.24) is 10.2 Å². The number of aromatic amines is 1. The molecule has 66 valence electrons. The Morgan fingerprint density at radius 1 is 1.75 bits per heavy atom. The Hall–Kier alpha value is -1.17. The normalized spacial score (nSPS) is 9.83. The standard InChI is InChI=1S/C6H8N2O3S/c1-11-4-3(6(9)10)5(12-2)8-7-4/h1-2H3,(H,7,8)(H,9,10). The molecule has 1 rings (SSSR count). The lowest BCUT2D eigenvalue weighted by molar-refractivity contribution is 0.0689. The van der Waals surface area contributed by atoms with Crippen LogP contribution in [0.25, 0.3) is 0 Å². The summed E-state index contributed by atoms with van der Waals surface area (Å²) in [6.07, 6.45) is 1.75. The topological polar surface area (TPSA) is 75.2 Å². The fourth-order valence-electron chi connectivity index (χ4n) is 0.794. The van der Waals surface area contributed by atoms with Crippen molar-refractivity contribution < 1.29 is 14.6 Å². The second-order valence-corrected chi connectivity index (χ2v) is 2.74. The first kappa shape index (κ1) is 8.92. The van der Waals surface area contributed by atoms with Crippen molar-refractivity contribution in [2.45, 2.75) is 5.03 Å². The zero-order chi connectivity index (χ0) is 9.14. The van der Waals surface area contributed by atoms with Crippen LogP contribution in [0.1, 0.15) is 10.4 Å². The molecule has 0 saturated carbocycles. The van der Waals surface area contributed by atoms with Crippen LogP contribution >= 0.6 is 11.8 Å². The summed E-state index contributed by atoms with van der Waals surface area (Å²) in [7, 11) is 1.39. The first-order valence-corrected chi connectivity index (χ1v) is 4.32. The summed E-state index contributed by atoms with van der Waals surface area (Å²) < 4.78 is 4.78. The van der Waals surface area contributed by atoms with Gasteiger partial charge in [-0.25, -0.2) is 9.89 Å². The molecule has 5 nitrogen and oxygen atoms in total. The minimum Gasteiger partial charge on any atom is -0.481 e. The van der Waals surface area contributed by atoms with Crippen LogP contribution in [0.4, 0.5) is 0 Å². The summed E-state index contributed by atoms with van der Waals surface area (Å²) in [6.45, 7) is 0. The van der Waals surface area contributed by atoms with E-state index in [2.05, 4.69) is 10.2 Å². The van der Waals surface area contributed by atoms with E-state index in [1.807, 2.05) is 0 Å². The van der Waals surface area contributed by atoms with Crippen LogP contribution in [0, 0.1) is 0 Å². The van der Waals surface area contributed by atoms with Gasteiger partial charge >= 0.3 is 5.97 Å². The van der Waals surface area contributed by atoms with Crippen LogP contribution in [0.15, 0.2) is 5.03 Å². The summed E-state index contributed by atoms with van der Waals surface area (Å²) in [4.78, 5) is 10.7. The molecule has 0 unspecified atom stereocenters. The maximum absolute atomic E-state index is 10.7. The van der Waals surface area contributed by atoms with E-state index >= 15 is 0 Å². The molecule has 0 spiro atoms. The van der Waals surface area contributed by atoms with Gasteiger partial charge in [0.05, 0.1) is 7.11 Å². The van der Waals surface area contributed by atoms with Gasteiger partial charge in [-0.05, 0) is 6.26 Å². The van der Waals surface area contributed by atoms with Gasteiger partial charge < -0.3 is 9.84 Å². The van der Waals surface area contributed by atoms with Crippen LogP contribution in [0.2, 0.25) is 0 Å². The molecular formula is C6H8N2O3S. The number of aromatic nitrogens is 2. The highest BCUT2D eigenvalue weighted by Crippen LogP contribution is 2.25. The minimum atomic E-state index is -1.04. The van der Waals surface area contributed by atoms with Gasteiger partial charge in [0.2, 0.25) is 5.88 Å². The summed E-state index contributed by atoms with van der Waals surface area (Å²) in [5.41, 5.74) is 0.0880. The molecule has 0 aromatic carbocycles. The maximum atomic E-state index is 10.7. The first-order chi connectivity index (χ1) is 5.70. The molecule has 0 fully saturated rings. The van der Waals surface area contributed by atoms with E-state index in [9.17, 15) is 4.79 Å². The van der Waals surface area contributed by atoms with E-state index in [1.54, 1.807) is 6.26 Å². The van der Waals surface area contributed by atoms with Gasteiger partial charge in [0, 0.05) is 0 Å². The quantitative estimate of drug-likeness (QED) is 0.687. The molecule has 6 heteroatoms. The van der Waals surface area contributed by atoms with Gasteiger partial charge in [0.15, 0.2) is 5.56 Å². The van der Waals surface area contributed by atoms with Gasteiger partial charge in [-0.1, -0.05) is 0 Å². The zero-order valence-corrected chi connectivity index (χ0v) is 7.44. The van der Waals surface area contributed by atoms with E-state index in [4.69, 9.17) is 9.84 Å². The molecule has 1 heterocycles. The largest absolute Gasteiger partial charge is 0.481 e. The monoisotopic (exact) mass is 188 g/mol. The summed E-state index contributed by atoms with van der Waals surface area (Å²) in [6, 6.07) is 0. The molecule has 12 heavy (non-hydrogen) atoms. The van der Waals surface area contributed by atoms with E-state index in [0.717, 1.165) is 0 Å². The third-order valence-electron chi connectivity index (χ3n) is 1.31. The Morgan fingerprint density at radius 2 is 2.42 bits per heavy atom. The number of hydrogen-bond donors (Lipinski definition) is 2. The van der Waals surface area contributed by atoms with Crippen LogP contribution in [0.5, 0.6) is 5.88 Å². The number of rotatable bonds is 3. The van der Waals surface area contributed by atoms with Crippen LogP contribution < -0.4 is 4.74 Å². The molecule has 0 aliphatic heterocycles. The van der Waals surface area contributed by atoms with Crippen LogP contribution in [0.3, 0.4) is 0 Å². The number of carboxylic acids is 1. The number of carboxylic acid groups (broad SMARTS) is 1. The van der Waals surface area contributed by atoms with Gasteiger partial charge in [-0.15, -0.1) is 11.8 Å². The number of thioether (sulfide) groups is 1. The summed E-state index contributed by atoms with van der Waals surface area (Å²) >= 11 is 1.26. The number of ether oxygens (including phenoxy) is 1. The Morgan fingerprint density at radius 3 is 2.83 bits per heavy atom. The lowest BCUT2D eigenvalue weighted by atomic mass is 10.3. The highest BCUT2D eigenvalue weighted by molar-refractivity contribution is 7.98. The molecule has 2 N–H and O–H groups in total. The van der Waals surface area contributed by atoms with Crippen molar-refractivity contribution in [3.05, 3.63) is 5.56 Å². The summed E-state index contributed by atoms with van der Waals surface area (Å²) in [5, 5.41) is 15.4. The Labute approximate surface area is 73.1 Å². The average Bonchev–Trinajstić information content (AvgIpc) is 2.46.